The number of carbonyl (C=O) groups excluding carboxylic acids is 3. The van der Waals surface area contributed by atoms with Crippen LogP contribution >= 0.6 is 0 Å². The van der Waals surface area contributed by atoms with Gasteiger partial charge in [-0.3, -0.25) is 14.4 Å². The summed E-state index contributed by atoms with van der Waals surface area (Å²) in [6.45, 7) is 4.36. The number of hydrogen-bond donors (Lipinski definition) is 4. The van der Waals surface area contributed by atoms with Gasteiger partial charge in [0.1, 0.15) is 6.04 Å². The molecule has 0 spiro atoms. The highest BCUT2D eigenvalue weighted by atomic mass is 19.4. The molecule has 0 aliphatic heterocycles. The quantitative estimate of drug-likeness (QED) is 0.575. The highest BCUT2D eigenvalue weighted by Crippen LogP contribution is 2.32. The molecule has 144 valence electrons. The molecule has 0 heterocycles. The summed E-state index contributed by atoms with van der Waals surface area (Å²) in [5, 5.41) is 7.35. The fourth-order valence-electron chi connectivity index (χ4n) is 1.96. The van der Waals surface area contributed by atoms with Gasteiger partial charge in [0.05, 0.1) is 17.7 Å². The van der Waals surface area contributed by atoms with Crippen molar-refractivity contribution in [3.63, 3.8) is 0 Å². The average Bonchev–Trinajstić information content (AvgIpc) is 2.51. The van der Waals surface area contributed by atoms with E-state index in [1.165, 1.54) is 6.92 Å². The van der Waals surface area contributed by atoms with E-state index in [0.29, 0.717) is 6.07 Å². The van der Waals surface area contributed by atoms with Gasteiger partial charge in [0.2, 0.25) is 11.8 Å². The van der Waals surface area contributed by atoms with Crippen molar-refractivity contribution < 1.29 is 27.6 Å². The van der Waals surface area contributed by atoms with E-state index in [0.717, 1.165) is 12.1 Å². The van der Waals surface area contributed by atoms with E-state index in [2.05, 4.69) is 16.0 Å². The van der Waals surface area contributed by atoms with Crippen LogP contribution in [0.25, 0.3) is 0 Å². The number of nitrogens with two attached hydrogens (primary N) is 1. The molecule has 0 aliphatic rings. The first-order valence-electron chi connectivity index (χ1n) is 7.76. The van der Waals surface area contributed by atoms with E-state index in [4.69, 9.17) is 5.73 Å². The Bertz CT molecular complexity index is 690. The molecular formula is C16H21F3N4O3. The van der Waals surface area contributed by atoms with Gasteiger partial charge in [-0.2, -0.15) is 13.2 Å². The zero-order valence-electron chi connectivity index (χ0n) is 14.5. The molecule has 1 aromatic rings. The van der Waals surface area contributed by atoms with Gasteiger partial charge in [-0.1, -0.05) is 0 Å². The second kappa shape index (κ2) is 8.54. The summed E-state index contributed by atoms with van der Waals surface area (Å²) in [5.41, 5.74) is 3.98. The van der Waals surface area contributed by atoms with Gasteiger partial charge < -0.3 is 21.7 Å². The molecule has 0 saturated carbocycles. The molecule has 26 heavy (non-hydrogen) atoms. The number of anilines is 1. The molecule has 0 bridgehead atoms. The largest absolute Gasteiger partial charge is 0.416 e. The summed E-state index contributed by atoms with van der Waals surface area (Å²) in [7, 11) is 0. The van der Waals surface area contributed by atoms with Crippen LogP contribution in [-0.4, -0.2) is 36.3 Å². The maximum atomic E-state index is 12.9. The third kappa shape index (κ3) is 6.26. The Balaban J connectivity index is 2.94. The van der Waals surface area contributed by atoms with Crippen molar-refractivity contribution in [2.24, 2.45) is 5.73 Å². The molecule has 0 aromatic heterocycles. The molecule has 5 N–H and O–H groups in total. The van der Waals surface area contributed by atoms with Crippen molar-refractivity contribution in [1.29, 1.82) is 0 Å². The van der Waals surface area contributed by atoms with Crippen LogP contribution in [0.3, 0.4) is 0 Å². The normalized spacial score (nSPS) is 12.4. The lowest BCUT2D eigenvalue weighted by Crippen LogP contribution is -2.46. The number of alkyl halides is 3. The Kier molecular flexibility index (Phi) is 6.99. The first-order valence-corrected chi connectivity index (χ1v) is 7.76. The Morgan fingerprint density at radius 2 is 1.77 bits per heavy atom. The van der Waals surface area contributed by atoms with E-state index in [9.17, 15) is 27.6 Å². The van der Waals surface area contributed by atoms with E-state index >= 15 is 0 Å². The minimum Gasteiger partial charge on any atom is -0.382 e. The smallest absolute Gasteiger partial charge is 0.382 e. The minimum atomic E-state index is -4.61. The van der Waals surface area contributed by atoms with Crippen molar-refractivity contribution in [2.45, 2.75) is 39.0 Å². The van der Waals surface area contributed by atoms with Crippen LogP contribution in [0.5, 0.6) is 0 Å². The standard InChI is InChI=1S/C16H21F3N4O3/c1-8(2)22-12-5-4-10(16(17,18)19)6-11(12)15(26)21-7-13(24)23-9(3)14(20)25/h4-6,8-9,22H,7H2,1-3H3,(H2,20,25)(H,21,26)(H,23,24). The number of benzene rings is 1. The third-order valence-electron chi connectivity index (χ3n) is 3.25. The van der Waals surface area contributed by atoms with Gasteiger partial charge in [0, 0.05) is 11.7 Å². The molecular weight excluding hydrogens is 353 g/mol. The van der Waals surface area contributed by atoms with Gasteiger partial charge in [-0.05, 0) is 39.0 Å². The second-order valence-electron chi connectivity index (χ2n) is 5.93. The predicted molar refractivity (Wildman–Crippen MR) is 89.3 cm³/mol. The van der Waals surface area contributed by atoms with Crippen molar-refractivity contribution in [2.75, 3.05) is 11.9 Å². The summed E-state index contributed by atoms with van der Waals surface area (Å²) in [6, 6.07) is 1.67. The van der Waals surface area contributed by atoms with Crippen LogP contribution in [0.2, 0.25) is 0 Å². The summed E-state index contributed by atoms with van der Waals surface area (Å²) >= 11 is 0. The number of rotatable bonds is 7. The van der Waals surface area contributed by atoms with E-state index in [-0.39, 0.29) is 17.3 Å². The Morgan fingerprint density at radius 1 is 1.15 bits per heavy atom. The molecule has 10 heteroatoms. The summed E-state index contributed by atoms with van der Waals surface area (Å²) in [6.07, 6.45) is -4.61. The predicted octanol–water partition coefficient (Wildman–Crippen LogP) is 1.25. The maximum Gasteiger partial charge on any atom is 0.416 e. The lowest BCUT2D eigenvalue weighted by molar-refractivity contribution is -0.137. The lowest BCUT2D eigenvalue weighted by atomic mass is 10.1. The topological polar surface area (TPSA) is 113 Å². The van der Waals surface area contributed by atoms with Crippen LogP contribution in [0.15, 0.2) is 18.2 Å². The third-order valence-corrected chi connectivity index (χ3v) is 3.25. The van der Waals surface area contributed by atoms with Crippen molar-refractivity contribution >= 4 is 23.4 Å². The van der Waals surface area contributed by atoms with Crippen LogP contribution in [-0.2, 0) is 15.8 Å². The molecule has 3 amide bonds. The van der Waals surface area contributed by atoms with E-state index in [1.807, 2.05) is 0 Å². The van der Waals surface area contributed by atoms with Gasteiger partial charge in [0.25, 0.3) is 5.91 Å². The summed E-state index contributed by atoms with van der Waals surface area (Å²) in [4.78, 5) is 34.8. The lowest BCUT2D eigenvalue weighted by Gasteiger charge is -2.17. The number of hydrogen-bond acceptors (Lipinski definition) is 4. The first kappa shape index (κ1) is 21.3. The highest BCUT2D eigenvalue weighted by Gasteiger charge is 2.32. The molecule has 1 aromatic carbocycles. The van der Waals surface area contributed by atoms with E-state index in [1.54, 1.807) is 13.8 Å². The SMILES string of the molecule is CC(C)Nc1ccc(C(F)(F)F)cc1C(=O)NCC(=O)NC(C)C(N)=O. The molecule has 0 saturated heterocycles. The number of nitrogens with one attached hydrogen (secondary N) is 3. The van der Waals surface area contributed by atoms with E-state index < -0.39 is 42.0 Å². The Labute approximate surface area is 148 Å². The Morgan fingerprint density at radius 3 is 2.27 bits per heavy atom. The summed E-state index contributed by atoms with van der Waals surface area (Å²) < 4.78 is 38.7. The van der Waals surface area contributed by atoms with Crippen LogP contribution < -0.4 is 21.7 Å². The molecule has 1 atom stereocenters. The minimum absolute atomic E-state index is 0.127. The molecule has 1 unspecified atom stereocenters. The zero-order valence-corrected chi connectivity index (χ0v) is 14.5. The van der Waals surface area contributed by atoms with Gasteiger partial charge in [0.15, 0.2) is 0 Å². The zero-order chi connectivity index (χ0) is 20.1. The number of primary amides is 1. The molecule has 7 nitrogen and oxygen atoms in total. The first-order chi connectivity index (χ1) is 11.9. The molecule has 1 rings (SSSR count). The van der Waals surface area contributed by atoms with Gasteiger partial charge >= 0.3 is 6.18 Å². The highest BCUT2D eigenvalue weighted by molar-refractivity contribution is 6.01. The number of halogens is 3. The molecule has 0 aliphatic carbocycles. The van der Waals surface area contributed by atoms with Crippen LogP contribution in [0, 0.1) is 0 Å². The number of carbonyl (C=O) groups is 3. The van der Waals surface area contributed by atoms with Crippen LogP contribution in [0.4, 0.5) is 18.9 Å². The molecule has 0 radical (unpaired) electrons. The fraction of sp³-hybridized carbons (Fsp3) is 0.438. The number of amides is 3. The van der Waals surface area contributed by atoms with Crippen molar-refractivity contribution in [1.82, 2.24) is 10.6 Å². The fourth-order valence-corrected chi connectivity index (χ4v) is 1.96. The summed E-state index contributed by atoms with van der Waals surface area (Å²) in [5.74, 6) is -2.32. The monoisotopic (exact) mass is 374 g/mol. The maximum absolute atomic E-state index is 12.9. The van der Waals surface area contributed by atoms with Gasteiger partial charge in [-0.25, -0.2) is 0 Å². The Hall–Kier alpha value is -2.78. The van der Waals surface area contributed by atoms with Crippen LogP contribution in [0.1, 0.15) is 36.7 Å². The average molecular weight is 374 g/mol. The van der Waals surface area contributed by atoms with Crippen molar-refractivity contribution in [3.05, 3.63) is 29.3 Å². The second-order valence-corrected chi connectivity index (χ2v) is 5.93. The van der Waals surface area contributed by atoms with Crippen molar-refractivity contribution in [3.8, 4) is 0 Å². The van der Waals surface area contributed by atoms with Gasteiger partial charge in [-0.15, -0.1) is 0 Å². The molecule has 0 fully saturated rings.